The molecule has 1 aromatic rings. The summed E-state index contributed by atoms with van der Waals surface area (Å²) in [7, 11) is 0. The number of halogens is 2. The van der Waals surface area contributed by atoms with Crippen LogP contribution in [0.15, 0.2) is 22.7 Å². The molecule has 2 amide bonds. The molecule has 1 saturated carbocycles. The minimum Gasteiger partial charge on any atom is -0.355 e. The number of rotatable bonds is 5. The predicted octanol–water partition coefficient (Wildman–Crippen LogP) is 3.20. The molecule has 0 bridgehead atoms. The molecular weight excluding hydrogens is 344 g/mol. The molecule has 0 saturated heterocycles. The number of carbonyl (C=O) groups excluding carboxylic acids is 2. The smallest absolute Gasteiger partial charge is 0.226 e. The van der Waals surface area contributed by atoms with Gasteiger partial charge in [0.1, 0.15) is 0 Å². The molecule has 20 heavy (non-hydrogen) atoms. The van der Waals surface area contributed by atoms with E-state index in [4.69, 9.17) is 11.6 Å². The lowest BCUT2D eigenvalue weighted by Crippen LogP contribution is -2.29. The average Bonchev–Trinajstić information content (AvgIpc) is 3.10. The number of hydrogen-bond acceptors (Lipinski definition) is 2. The van der Waals surface area contributed by atoms with Gasteiger partial charge in [-0.1, -0.05) is 34.5 Å². The highest BCUT2D eigenvalue weighted by atomic mass is 79.9. The first-order valence-corrected chi connectivity index (χ1v) is 7.67. The molecule has 1 aromatic carbocycles. The number of carbonyl (C=O) groups is 2. The van der Waals surface area contributed by atoms with Gasteiger partial charge in [0, 0.05) is 23.4 Å². The lowest BCUT2D eigenvalue weighted by Gasteiger charge is -2.08. The molecule has 0 radical (unpaired) electrons. The summed E-state index contributed by atoms with van der Waals surface area (Å²) in [6.45, 7) is 2.40. The minimum atomic E-state index is -0.168. The summed E-state index contributed by atoms with van der Waals surface area (Å²) in [4.78, 5) is 23.3. The number of benzene rings is 1. The molecule has 108 valence electrons. The zero-order chi connectivity index (χ0) is 14.7. The zero-order valence-corrected chi connectivity index (χ0v) is 13.4. The fourth-order valence-corrected chi connectivity index (χ4v) is 2.64. The highest BCUT2D eigenvalue weighted by molar-refractivity contribution is 9.10. The maximum atomic E-state index is 11.7. The van der Waals surface area contributed by atoms with E-state index in [0.29, 0.717) is 23.2 Å². The Bertz CT molecular complexity index is 536. The largest absolute Gasteiger partial charge is 0.355 e. The third-order valence-corrected chi connectivity index (χ3v) is 4.11. The number of hydrogen-bond donors (Lipinski definition) is 2. The standard InChI is InChI=1S/C14H16BrClN2O2/c1-8-6-10(8)14(20)17-5-4-13(19)18-12-3-2-9(15)7-11(12)16/h2-3,7-8,10H,4-6H2,1H3,(H,17,20)(H,18,19)/t8-,10+/m0/s1. The Morgan fingerprint density at radius 1 is 1.45 bits per heavy atom. The molecule has 0 spiro atoms. The molecule has 2 N–H and O–H groups in total. The summed E-state index contributed by atoms with van der Waals surface area (Å²) in [6, 6.07) is 5.25. The van der Waals surface area contributed by atoms with E-state index in [-0.39, 0.29) is 24.2 Å². The highest BCUT2D eigenvalue weighted by Gasteiger charge is 2.38. The Labute approximate surface area is 131 Å². The summed E-state index contributed by atoms with van der Waals surface area (Å²) in [5, 5.41) is 5.97. The topological polar surface area (TPSA) is 58.2 Å². The predicted molar refractivity (Wildman–Crippen MR) is 82.7 cm³/mol. The van der Waals surface area contributed by atoms with Gasteiger partial charge in [-0.15, -0.1) is 0 Å². The van der Waals surface area contributed by atoms with E-state index in [1.807, 2.05) is 6.92 Å². The van der Waals surface area contributed by atoms with E-state index in [0.717, 1.165) is 10.9 Å². The Kier molecular flexibility index (Phi) is 5.05. The number of nitrogens with one attached hydrogen (secondary N) is 2. The van der Waals surface area contributed by atoms with Crippen molar-refractivity contribution in [3.8, 4) is 0 Å². The highest BCUT2D eigenvalue weighted by Crippen LogP contribution is 2.37. The molecule has 0 unspecified atom stereocenters. The van der Waals surface area contributed by atoms with Crippen LogP contribution in [0, 0.1) is 11.8 Å². The van der Waals surface area contributed by atoms with Crippen molar-refractivity contribution in [2.45, 2.75) is 19.8 Å². The van der Waals surface area contributed by atoms with Gasteiger partial charge in [0.2, 0.25) is 11.8 Å². The van der Waals surface area contributed by atoms with Crippen molar-refractivity contribution in [3.63, 3.8) is 0 Å². The molecule has 6 heteroatoms. The first-order valence-electron chi connectivity index (χ1n) is 6.50. The van der Waals surface area contributed by atoms with Gasteiger partial charge in [-0.2, -0.15) is 0 Å². The third kappa shape index (κ3) is 4.21. The molecule has 4 nitrogen and oxygen atoms in total. The first-order chi connectivity index (χ1) is 9.47. The molecule has 0 aliphatic heterocycles. The fraction of sp³-hybridized carbons (Fsp3) is 0.429. The Hall–Kier alpha value is -1.07. The van der Waals surface area contributed by atoms with Crippen molar-refractivity contribution >= 4 is 45.0 Å². The van der Waals surface area contributed by atoms with Crippen LogP contribution in [0.4, 0.5) is 5.69 Å². The van der Waals surface area contributed by atoms with Crippen LogP contribution >= 0.6 is 27.5 Å². The van der Waals surface area contributed by atoms with Crippen molar-refractivity contribution in [1.29, 1.82) is 0 Å². The van der Waals surface area contributed by atoms with E-state index in [9.17, 15) is 9.59 Å². The van der Waals surface area contributed by atoms with Gasteiger partial charge in [0.05, 0.1) is 10.7 Å². The van der Waals surface area contributed by atoms with Crippen molar-refractivity contribution in [2.75, 3.05) is 11.9 Å². The molecule has 1 aliphatic rings. The van der Waals surface area contributed by atoms with Gasteiger partial charge in [0.15, 0.2) is 0 Å². The molecule has 0 aromatic heterocycles. The van der Waals surface area contributed by atoms with Crippen molar-refractivity contribution in [1.82, 2.24) is 5.32 Å². The summed E-state index contributed by atoms with van der Waals surface area (Å²) in [5.41, 5.74) is 0.571. The van der Waals surface area contributed by atoms with Gasteiger partial charge in [-0.05, 0) is 30.5 Å². The second-order valence-corrected chi connectivity index (χ2v) is 6.36. The maximum Gasteiger partial charge on any atom is 0.226 e. The minimum absolute atomic E-state index is 0.0481. The SMILES string of the molecule is C[C@H]1C[C@H]1C(=O)NCCC(=O)Nc1ccc(Br)cc1Cl. The van der Waals surface area contributed by atoms with Crippen molar-refractivity contribution in [2.24, 2.45) is 11.8 Å². The van der Waals surface area contributed by atoms with Crippen molar-refractivity contribution < 1.29 is 9.59 Å². The maximum absolute atomic E-state index is 11.7. The van der Waals surface area contributed by atoms with Gasteiger partial charge in [-0.25, -0.2) is 0 Å². The van der Waals surface area contributed by atoms with Crippen LogP contribution in [0.25, 0.3) is 0 Å². The monoisotopic (exact) mass is 358 g/mol. The first kappa shape index (κ1) is 15.3. The van der Waals surface area contributed by atoms with Gasteiger partial charge in [0.25, 0.3) is 0 Å². The average molecular weight is 360 g/mol. The Balaban J connectivity index is 1.73. The molecule has 1 fully saturated rings. The van der Waals surface area contributed by atoms with Crippen LogP contribution in [-0.2, 0) is 9.59 Å². The third-order valence-electron chi connectivity index (χ3n) is 3.30. The van der Waals surface area contributed by atoms with E-state index in [1.165, 1.54) is 0 Å². The lowest BCUT2D eigenvalue weighted by molar-refractivity contribution is -0.122. The van der Waals surface area contributed by atoms with E-state index in [1.54, 1.807) is 18.2 Å². The number of amides is 2. The van der Waals surface area contributed by atoms with Crippen LogP contribution < -0.4 is 10.6 Å². The summed E-state index contributed by atoms with van der Waals surface area (Å²) in [6.07, 6.45) is 1.19. The van der Waals surface area contributed by atoms with E-state index < -0.39 is 0 Å². The lowest BCUT2D eigenvalue weighted by atomic mass is 10.3. The van der Waals surface area contributed by atoms with Crippen LogP contribution in [0.1, 0.15) is 19.8 Å². The zero-order valence-electron chi connectivity index (χ0n) is 11.1. The van der Waals surface area contributed by atoms with Gasteiger partial charge >= 0.3 is 0 Å². The van der Waals surface area contributed by atoms with Crippen LogP contribution in [0.3, 0.4) is 0 Å². The second kappa shape index (κ2) is 6.59. The normalized spacial score (nSPS) is 20.4. The molecule has 0 heterocycles. The molecule has 1 aliphatic carbocycles. The van der Waals surface area contributed by atoms with Crippen LogP contribution in [0.2, 0.25) is 5.02 Å². The summed E-state index contributed by atoms with van der Waals surface area (Å²) >= 11 is 9.31. The molecule has 2 rings (SSSR count). The summed E-state index contributed by atoms with van der Waals surface area (Å²) in [5.74, 6) is 0.495. The van der Waals surface area contributed by atoms with Crippen molar-refractivity contribution in [3.05, 3.63) is 27.7 Å². The second-order valence-electron chi connectivity index (χ2n) is 5.03. The summed E-state index contributed by atoms with van der Waals surface area (Å²) < 4.78 is 0.853. The quantitative estimate of drug-likeness (QED) is 0.848. The Morgan fingerprint density at radius 2 is 2.15 bits per heavy atom. The molecular formula is C14H16BrClN2O2. The number of anilines is 1. The fourth-order valence-electron chi connectivity index (χ4n) is 1.92. The van der Waals surface area contributed by atoms with E-state index in [2.05, 4.69) is 26.6 Å². The molecule has 2 atom stereocenters. The van der Waals surface area contributed by atoms with Gasteiger partial charge in [-0.3, -0.25) is 9.59 Å². The Morgan fingerprint density at radius 3 is 2.75 bits per heavy atom. The van der Waals surface area contributed by atoms with Gasteiger partial charge < -0.3 is 10.6 Å². The van der Waals surface area contributed by atoms with Crippen LogP contribution in [0.5, 0.6) is 0 Å². The van der Waals surface area contributed by atoms with E-state index >= 15 is 0 Å². The van der Waals surface area contributed by atoms with Crippen LogP contribution in [-0.4, -0.2) is 18.4 Å².